The van der Waals surface area contributed by atoms with Gasteiger partial charge in [0.15, 0.2) is 0 Å². The highest BCUT2D eigenvalue weighted by Crippen LogP contribution is 2.30. The number of ether oxygens (including phenoxy) is 1. The summed E-state index contributed by atoms with van der Waals surface area (Å²) in [5.41, 5.74) is 1.67. The van der Waals surface area contributed by atoms with Gasteiger partial charge in [0.25, 0.3) is 5.91 Å². The van der Waals surface area contributed by atoms with Gasteiger partial charge in [0, 0.05) is 77.3 Å². The Morgan fingerprint density at radius 2 is 1.57 bits per heavy atom. The van der Waals surface area contributed by atoms with Crippen molar-refractivity contribution in [2.24, 2.45) is 11.8 Å². The lowest BCUT2D eigenvalue weighted by Gasteiger charge is -2.40. The van der Waals surface area contributed by atoms with Crippen LogP contribution in [0, 0.1) is 11.8 Å². The lowest BCUT2D eigenvalue weighted by molar-refractivity contribution is -0.145. The van der Waals surface area contributed by atoms with E-state index >= 15 is 0 Å². The molecule has 3 amide bonds. The summed E-state index contributed by atoms with van der Waals surface area (Å²) in [7, 11) is 0. The number of amides is 3. The second-order valence-electron chi connectivity index (χ2n) is 13.9. The normalized spacial score (nSPS) is 23.1. The summed E-state index contributed by atoms with van der Waals surface area (Å²) in [6.07, 6.45) is 9.24. The minimum atomic E-state index is -0.497. The van der Waals surface area contributed by atoms with Gasteiger partial charge in [0.05, 0.1) is 13.2 Å². The maximum atomic E-state index is 14.1. The number of rotatable bonds is 10. The van der Waals surface area contributed by atoms with E-state index in [1.807, 2.05) is 34.9 Å². The predicted molar refractivity (Wildman–Crippen MR) is 177 cm³/mol. The molecule has 4 fully saturated rings. The average Bonchev–Trinajstić information content (AvgIpc) is 3.08. The summed E-state index contributed by atoms with van der Waals surface area (Å²) in [5, 5.41) is 3.22. The minimum Gasteiger partial charge on any atom is -0.465 e. The van der Waals surface area contributed by atoms with E-state index in [0.717, 1.165) is 109 Å². The zero-order valence-electron chi connectivity index (χ0n) is 28.1. The first-order valence-electron chi connectivity index (χ1n) is 17.9. The smallest absolute Gasteiger partial charge is 0.320 e. The van der Waals surface area contributed by atoms with Gasteiger partial charge >= 0.3 is 5.97 Å². The monoisotopic (exact) mass is 637 g/mol. The van der Waals surface area contributed by atoms with Crippen LogP contribution < -0.4 is 5.32 Å². The topological polar surface area (TPSA) is 102 Å². The fourth-order valence-corrected chi connectivity index (χ4v) is 7.96. The average molecular weight is 638 g/mol. The molecule has 1 saturated carbocycles. The molecule has 0 spiro atoms. The Hall–Kier alpha value is -2.98. The highest BCUT2D eigenvalue weighted by atomic mass is 16.5. The van der Waals surface area contributed by atoms with Crippen molar-refractivity contribution in [2.45, 2.75) is 83.6 Å². The van der Waals surface area contributed by atoms with Gasteiger partial charge in [-0.1, -0.05) is 31.4 Å². The third kappa shape index (κ3) is 9.31. The van der Waals surface area contributed by atoms with E-state index in [1.54, 1.807) is 6.92 Å². The molecule has 1 aromatic carbocycles. The SMILES string of the molecule is CCOC(=O)CN1CCN(CC2CCN(C(=O)[C@H](NC(=O)c3cccc(C4CCCN(C(C)=O)C4)c3)C3CCCCC3)CC2)CC1. The zero-order valence-corrected chi connectivity index (χ0v) is 28.1. The molecule has 254 valence electrons. The number of nitrogens with one attached hydrogen (secondary N) is 1. The fraction of sp³-hybridized carbons (Fsp3) is 0.722. The first kappa shape index (κ1) is 34.4. The van der Waals surface area contributed by atoms with E-state index in [4.69, 9.17) is 4.74 Å². The molecule has 0 radical (unpaired) electrons. The van der Waals surface area contributed by atoms with Crippen molar-refractivity contribution < 1.29 is 23.9 Å². The quantitative estimate of drug-likeness (QED) is 0.392. The van der Waals surface area contributed by atoms with Gasteiger partial charge in [0.1, 0.15) is 6.04 Å². The molecule has 0 bridgehead atoms. The van der Waals surface area contributed by atoms with Crippen LogP contribution in [0.4, 0.5) is 0 Å². The van der Waals surface area contributed by atoms with Crippen LogP contribution in [-0.4, -0.2) is 121 Å². The largest absolute Gasteiger partial charge is 0.465 e. The van der Waals surface area contributed by atoms with Crippen LogP contribution >= 0.6 is 0 Å². The Labute approximate surface area is 275 Å². The Kier molecular flexibility index (Phi) is 12.5. The molecule has 2 atom stereocenters. The zero-order chi connectivity index (χ0) is 32.5. The van der Waals surface area contributed by atoms with Gasteiger partial charge < -0.3 is 24.8 Å². The number of hydrogen-bond donors (Lipinski definition) is 1. The number of piperidine rings is 2. The second kappa shape index (κ2) is 16.7. The molecule has 1 unspecified atom stereocenters. The molecule has 3 heterocycles. The van der Waals surface area contributed by atoms with Crippen LogP contribution in [0.2, 0.25) is 0 Å². The van der Waals surface area contributed by atoms with E-state index in [2.05, 4.69) is 21.2 Å². The first-order chi connectivity index (χ1) is 22.3. The van der Waals surface area contributed by atoms with Crippen molar-refractivity contribution in [3.8, 4) is 0 Å². The van der Waals surface area contributed by atoms with E-state index in [0.29, 0.717) is 31.2 Å². The molecule has 1 N–H and O–H groups in total. The van der Waals surface area contributed by atoms with E-state index in [-0.39, 0.29) is 35.5 Å². The van der Waals surface area contributed by atoms with Gasteiger partial charge in [-0.05, 0) is 75.0 Å². The Bertz CT molecular complexity index is 1190. The van der Waals surface area contributed by atoms with Crippen LogP contribution in [0.1, 0.15) is 93.5 Å². The number of hydrogen-bond acceptors (Lipinski definition) is 7. The summed E-state index contributed by atoms with van der Waals surface area (Å²) in [6, 6.07) is 7.30. The van der Waals surface area contributed by atoms with Gasteiger partial charge in [0.2, 0.25) is 11.8 Å². The molecule has 3 saturated heterocycles. The highest BCUT2D eigenvalue weighted by molar-refractivity contribution is 5.97. The molecule has 1 aliphatic carbocycles. The summed E-state index contributed by atoms with van der Waals surface area (Å²) >= 11 is 0. The van der Waals surface area contributed by atoms with Crippen molar-refractivity contribution >= 4 is 23.7 Å². The van der Waals surface area contributed by atoms with Gasteiger partial charge in [-0.15, -0.1) is 0 Å². The van der Waals surface area contributed by atoms with Crippen molar-refractivity contribution in [3.63, 3.8) is 0 Å². The third-order valence-electron chi connectivity index (χ3n) is 10.7. The Morgan fingerprint density at radius 3 is 2.26 bits per heavy atom. The molecule has 10 heteroatoms. The molecule has 1 aromatic rings. The van der Waals surface area contributed by atoms with E-state index < -0.39 is 6.04 Å². The lowest BCUT2D eigenvalue weighted by atomic mass is 9.82. The van der Waals surface area contributed by atoms with Crippen molar-refractivity contribution in [3.05, 3.63) is 35.4 Å². The molecule has 4 aliphatic rings. The van der Waals surface area contributed by atoms with E-state index in [9.17, 15) is 19.2 Å². The van der Waals surface area contributed by atoms with Crippen LogP contribution in [0.15, 0.2) is 24.3 Å². The standard InChI is InChI=1S/C36H55N5O5/c1-3-46-33(43)26-39-21-19-38(20-22-39)24-28-14-17-40(18-15-28)36(45)34(29-9-5-4-6-10-29)37-35(44)31-12-7-11-30(23-31)32-13-8-16-41(25-32)27(2)42/h7,11-12,23,28-29,32,34H,3-6,8-10,13-22,24-26H2,1-2H3,(H,37,44)/t32?,34-/m1/s1. The molecular weight excluding hydrogens is 582 g/mol. The summed E-state index contributed by atoms with van der Waals surface area (Å²) < 4.78 is 5.10. The number of likely N-dealkylation sites (tertiary alicyclic amines) is 2. The first-order valence-corrected chi connectivity index (χ1v) is 17.9. The molecule has 5 rings (SSSR count). The molecule has 3 aliphatic heterocycles. The van der Waals surface area contributed by atoms with Crippen LogP contribution in [0.5, 0.6) is 0 Å². The molecule has 0 aromatic heterocycles. The molecular formula is C36H55N5O5. The van der Waals surface area contributed by atoms with Gasteiger partial charge in [-0.3, -0.25) is 24.1 Å². The minimum absolute atomic E-state index is 0.0758. The number of esters is 1. The van der Waals surface area contributed by atoms with Crippen molar-refractivity contribution in [2.75, 3.05) is 72.1 Å². The van der Waals surface area contributed by atoms with Crippen LogP contribution in [0.25, 0.3) is 0 Å². The molecule has 46 heavy (non-hydrogen) atoms. The predicted octanol–water partition coefficient (Wildman–Crippen LogP) is 3.51. The van der Waals surface area contributed by atoms with Crippen molar-refractivity contribution in [1.29, 1.82) is 0 Å². The maximum Gasteiger partial charge on any atom is 0.320 e. The Balaban J connectivity index is 1.15. The number of nitrogens with zero attached hydrogens (tertiary/aromatic N) is 4. The number of piperazine rings is 1. The van der Waals surface area contributed by atoms with E-state index in [1.165, 1.54) is 6.42 Å². The van der Waals surface area contributed by atoms with Gasteiger partial charge in [-0.25, -0.2) is 0 Å². The maximum absolute atomic E-state index is 14.1. The summed E-state index contributed by atoms with van der Waals surface area (Å²) in [4.78, 5) is 60.2. The number of benzene rings is 1. The summed E-state index contributed by atoms with van der Waals surface area (Å²) in [5.74, 6) is 0.780. The summed E-state index contributed by atoms with van der Waals surface area (Å²) in [6.45, 7) is 11.9. The third-order valence-corrected chi connectivity index (χ3v) is 10.7. The second-order valence-corrected chi connectivity index (χ2v) is 13.9. The molecule has 10 nitrogen and oxygen atoms in total. The Morgan fingerprint density at radius 1 is 0.848 bits per heavy atom. The lowest BCUT2D eigenvalue weighted by Crippen LogP contribution is -2.55. The number of carbonyl (C=O) groups is 4. The van der Waals surface area contributed by atoms with Gasteiger partial charge in [-0.2, -0.15) is 0 Å². The highest BCUT2D eigenvalue weighted by Gasteiger charge is 2.36. The number of carbonyl (C=O) groups excluding carboxylic acids is 4. The van der Waals surface area contributed by atoms with Crippen molar-refractivity contribution in [1.82, 2.24) is 24.9 Å². The van der Waals surface area contributed by atoms with Crippen LogP contribution in [0.3, 0.4) is 0 Å². The van der Waals surface area contributed by atoms with Crippen LogP contribution in [-0.2, 0) is 19.1 Å². The fourth-order valence-electron chi connectivity index (χ4n) is 7.96.